The molecule has 7 heteroatoms. The molecule has 0 atom stereocenters. The van der Waals surface area contributed by atoms with Crippen molar-refractivity contribution >= 4 is 0 Å². The number of rotatable bonds is 9. The third kappa shape index (κ3) is 5.03. The van der Waals surface area contributed by atoms with E-state index in [-0.39, 0.29) is 5.75 Å². The van der Waals surface area contributed by atoms with Crippen molar-refractivity contribution in [1.29, 1.82) is 0 Å². The minimum Gasteiger partial charge on any atom is -0.507 e. The first-order valence-electron chi connectivity index (χ1n) is 10.6. The van der Waals surface area contributed by atoms with E-state index in [2.05, 4.69) is 10.2 Å². The van der Waals surface area contributed by atoms with E-state index >= 15 is 0 Å². The number of ether oxygens (including phenoxy) is 4. The van der Waals surface area contributed by atoms with Gasteiger partial charge in [0.1, 0.15) is 29.5 Å². The van der Waals surface area contributed by atoms with E-state index in [4.69, 9.17) is 18.9 Å². The van der Waals surface area contributed by atoms with Crippen LogP contribution in [0, 0.1) is 6.92 Å². The number of phenols is 1. The number of aromatic hydroxyl groups is 1. The molecule has 0 saturated heterocycles. The van der Waals surface area contributed by atoms with Gasteiger partial charge < -0.3 is 24.1 Å². The summed E-state index contributed by atoms with van der Waals surface area (Å²) in [5.74, 6) is 3.06. The van der Waals surface area contributed by atoms with Crippen LogP contribution < -0.4 is 18.9 Å². The predicted octanol–water partition coefficient (Wildman–Crippen LogP) is 5.87. The fourth-order valence-corrected chi connectivity index (χ4v) is 3.38. The molecule has 1 aromatic heterocycles. The number of benzene rings is 3. The van der Waals surface area contributed by atoms with Gasteiger partial charge in [-0.2, -0.15) is 5.10 Å². The molecule has 1 heterocycles. The van der Waals surface area contributed by atoms with Crippen LogP contribution in [-0.4, -0.2) is 29.0 Å². The molecule has 0 amide bonds. The average Bonchev–Trinajstić information content (AvgIpc) is 3.19. The molecule has 0 unspecified atom stereocenters. The first-order chi connectivity index (χ1) is 16.1. The Kier molecular flexibility index (Phi) is 6.69. The van der Waals surface area contributed by atoms with Crippen molar-refractivity contribution in [3.8, 4) is 45.8 Å². The Morgan fingerprint density at radius 2 is 1.73 bits per heavy atom. The molecule has 3 aromatic carbocycles. The van der Waals surface area contributed by atoms with E-state index in [9.17, 15) is 5.11 Å². The van der Waals surface area contributed by atoms with Crippen LogP contribution in [0.4, 0.5) is 0 Å². The summed E-state index contributed by atoms with van der Waals surface area (Å²) < 4.78 is 22.9. The normalized spacial score (nSPS) is 10.6. The van der Waals surface area contributed by atoms with Crippen LogP contribution in [-0.2, 0) is 6.61 Å². The second-order valence-electron chi connectivity index (χ2n) is 7.33. The lowest BCUT2D eigenvalue weighted by atomic mass is 10.1. The van der Waals surface area contributed by atoms with E-state index in [1.807, 2.05) is 62.4 Å². The highest BCUT2D eigenvalue weighted by molar-refractivity contribution is 5.74. The van der Waals surface area contributed by atoms with Crippen molar-refractivity contribution in [3.05, 3.63) is 78.0 Å². The van der Waals surface area contributed by atoms with E-state index in [1.54, 1.807) is 25.3 Å². The standard InChI is InChI=1S/C26H26N2O5/c1-4-31-23-10-5-6-11-24(23)33-26-17(2)27-28-25(26)21-13-12-20(15-22(21)29)32-16-18-8-7-9-19(14-18)30-3/h5-15,29H,4,16H2,1-3H3,(H,27,28). The van der Waals surface area contributed by atoms with Gasteiger partial charge in [0.05, 0.1) is 19.4 Å². The number of methoxy groups -OCH3 is 1. The van der Waals surface area contributed by atoms with Gasteiger partial charge in [-0.05, 0) is 55.8 Å². The summed E-state index contributed by atoms with van der Waals surface area (Å²) in [6.45, 7) is 4.65. The lowest BCUT2D eigenvalue weighted by molar-refractivity contribution is 0.303. The minimum atomic E-state index is 0.0348. The maximum Gasteiger partial charge on any atom is 0.176 e. The molecule has 0 aliphatic heterocycles. The van der Waals surface area contributed by atoms with Crippen LogP contribution in [0.25, 0.3) is 11.3 Å². The number of aromatic amines is 1. The average molecular weight is 447 g/mol. The van der Waals surface area contributed by atoms with Gasteiger partial charge in [-0.1, -0.05) is 24.3 Å². The van der Waals surface area contributed by atoms with Crippen molar-refractivity contribution in [1.82, 2.24) is 10.2 Å². The summed E-state index contributed by atoms with van der Waals surface area (Å²) in [4.78, 5) is 0. The monoisotopic (exact) mass is 446 g/mol. The van der Waals surface area contributed by atoms with Gasteiger partial charge in [0.2, 0.25) is 0 Å². The van der Waals surface area contributed by atoms with Crippen LogP contribution in [0.5, 0.6) is 34.5 Å². The summed E-state index contributed by atoms with van der Waals surface area (Å²) in [6.07, 6.45) is 0. The van der Waals surface area contributed by atoms with Gasteiger partial charge in [0.15, 0.2) is 17.2 Å². The van der Waals surface area contributed by atoms with Crippen molar-refractivity contribution in [2.75, 3.05) is 13.7 Å². The Bertz CT molecular complexity index is 1240. The summed E-state index contributed by atoms with van der Waals surface area (Å²) in [7, 11) is 1.63. The van der Waals surface area contributed by atoms with Crippen molar-refractivity contribution < 1.29 is 24.1 Å². The zero-order chi connectivity index (χ0) is 23.2. The van der Waals surface area contributed by atoms with Gasteiger partial charge in [-0.3, -0.25) is 5.10 Å². The van der Waals surface area contributed by atoms with E-state index in [0.717, 1.165) is 17.0 Å². The number of phenolic OH excluding ortho intramolecular Hbond substituents is 1. The van der Waals surface area contributed by atoms with Crippen LogP contribution in [0.1, 0.15) is 18.2 Å². The van der Waals surface area contributed by atoms with Crippen LogP contribution in [0.3, 0.4) is 0 Å². The number of H-pyrrole nitrogens is 1. The maximum atomic E-state index is 10.7. The summed E-state index contributed by atoms with van der Waals surface area (Å²) >= 11 is 0. The largest absolute Gasteiger partial charge is 0.507 e. The second kappa shape index (κ2) is 9.99. The molecule has 0 aliphatic rings. The molecule has 4 aromatic rings. The molecule has 7 nitrogen and oxygen atoms in total. The van der Waals surface area contributed by atoms with Crippen LogP contribution >= 0.6 is 0 Å². The zero-order valence-electron chi connectivity index (χ0n) is 18.8. The summed E-state index contributed by atoms with van der Waals surface area (Å²) in [6, 6.07) is 20.2. The van der Waals surface area contributed by atoms with E-state index in [1.165, 1.54) is 0 Å². The number of nitrogens with zero attached hydrogens (tertiary/aromatic N) is 1. The zero-order valence-corrected chi connectivity index (χ0v) is 18.8. The fraction of sp³-hybridized carbons (Fsp3) is 0.192. The topological polar surface area (TPSA) is 85.8 Å². The highest BCUT2D eigenvalue weighted by Gasteiger charge is 2.19. The van der Waals surface area contributed by atoms with Gasteiger partial charge in [-0.15, -0.1) is 0 Å². The Balaban J connectivity index is 1.55. The number of aryl methyl sites for hydroxylation is 1. The molecule has 0 saturated carbocycles. The van der Waals surface area contributed by atoms with Crippen molar-refractivity contribution in [3.63, 3.8) is 0 Å². The highest BCUT2D eigenvalue weighted by Crippen LogP contribution is 2.41. The van der Waals surface area contributed by atoms with Gasteiger partial charge >= 0.3 is 0 Å². The maximum absolute atomic E-state index is 10.7. The Labute approximate surface area is 192 Å². The smallest absolute Gasteiger partial charge is 0.176 e. The molecule has 33 heavy (non-hydrogen) atoms. The first kappa shape index (κ1) is 22.1. The Hall–Kier alpha value is -4.13. The molecule has 2 N–H and O–H groups in total. The summed E-state index contributed by atoms with van der Waals surface area (Å²) in [5.41, 5.74) is 2.71. The highest BCUT2D eigenvalue weighted by atomic mass is 16.5. The molecule has 0 fully saturated rings. The number of aromatic nitrogens is 2. The van der Waals surface area contributed by atoms with Crippen molar-refractivity contribution in [2.45, 2.75) is 20.5 Å². The lowest BCUT2D eigenvalue weighted by Crippen LogP contribution is -1.97. The minimum absolute atomic E-state index is 0.0348. The predicted molar refractivity (Wildman–Crippen MR) is 125 cm³/mol. The second-order valence-corrected chi connectivity index (χ2v) is 7.33. The molecule has 4 rings (SSSR count). The quantitative estimate of drug-likeness (QED) is 0.334. The van der Waals surface area contributed by atoms with Gasteiger partial charge in [0.25, 0.3) is 0 Å². The first-order valence-corrected chi connectivity index (χ1v) is 10.6. The third-order valence-electron chi connectivity index (χ3n) is 5.02. The fourth-order valence-electron chi connectivity index (χ4n) is 3.38. The Morgan fingerprint density at radius 1 is 0.909 bits per heavy atom. The molecule has 0 spiro atoms. The number of hydrogen-bond donors (Lipinski definition) is 2. The number of nitrogens with one attached hydrogen (secondary N) is 1. The number of para-hydroxylation sites is 2. The molecular weight excluding hydrogens is 420 g/mol. The van der Waals surface area contributed by atoms with Crippen molar-refractivity contribution in [2.24, 2.45) is 0 Å². The Morgan fingerprint density at radius 3 is 2.48 bits per heavy atom. The molecule has 0 aliphatic carbocycles. The molecular formula is C26H26N2O5. The van der Waals surface area contributed by atoms with E-state index < -0.39 is 0 Å². The van der Waals surface area contributed by atoms with Crippen LogP contribution in [0.2, 0.25) is 0 Å². The third-order valence-corrected chi connectivity index (χ3v) is 5.02. The molecule has 170 valence electrons. The van der Waals surface area contributed by atoms with Gasteiger partial charge in [0, 0.05) is 11.6 Å². The SMILES string of the molecule is CCOc1ccccc1Oc1c(-c2ccc(OCc3cccc(OC)c3)cc2O)n[nH]c1C. The van der Waals surface area contributed by atoms with E-state index in [0.29, 0.717) is 47.5 Å². The summed E-state index contributed by atoms with van der Waals surface area (Å²) in [5, 5.41) is 18.0. The number of hydrogen-bond acceptors (Lipinski definition) is 6. The lowest BCUT2D eigenvalue weighted by Gasteiger charge is -2.13. The van der Waals surface area contributed by atoms with Gasteiger partial charge in [-0.25, -0.2) is 0 Å². The molecule has 0 radical (unpaired) electrons. The molecule has 0 bridgehead atoms. The van der Waals surface area contributed by atoms with Crippen LogP contribution in [0.15, 0.2) is 66.7 Å².